The number of esters is 1. The third kappa shape index (κ3) is 3.73. The van der Waals surface area contributed by atoms with Gasteiger partial charge < -0.3 is 23.6 Å². The predicted octanol–water partition coefficient (Wildman–Crippen LogP) is 5.04. The largest absolute Gasteiger partial charge is 0.457 e. The van der Waals surface area contributed by atoms with Crippen molar-refractivity contribution in [1.82, 2.24) is 5.16 Å². The van der Waals surface area contributed by atoms with Gasteiger partial charge in [-0.3, -0.25) is 0 Å². The van der Waals surface area contributed by atoms with E-state index in [1.165, 1.54) is 0 Å². The number of ether oxygens (including phenoxy) is 2. The van der Waals surface area contributed by atoms with Gasteiger partial charge in [-0.15, -0.1) is 0 Å². The number of fused-ring (bicyclic) bond motifs is 5. The fourth-order valence-corrected chi connectivity index (χ4v) is 6.46. The van der Waals surface area contributed by atoms with Gasteiger partial charge in [-0.25, -0.2) is 4.79 Å². The summed E-state index contributed by atoms with van der Waals surface area (Å²) in [6, 6.07) is 26.2. The third-order valence-corrected chi connectivity index (χ3v) is 8.48. The highest BCUT2D eigenvalue weighted by Gasteiger charge is 2.53. The Morgan fingerprint density at radius 1 is 0.947 bits per heavy atom. The summed E-state index contributed by atoms with van der Waals surface area (Å²) in [7, 11) is 0. The van der Waals surface area contributed by atoms with Crippen LogP contribution in [0.1, 0.15) is 29.7 Å². The monoisotopic (exact) mass is 509 g/mol. The van der Waals surface area contributed by atoms with Gasteiger partial charge in [-0.1, -0.05) is 71.9 Å². The van der Waals surface area contributed by atoms with Gasteiger partial charge in [0, 0.05) is 41.5 Å². The number of carbonyl (C=O) groups excluding carboxylic acids is 1. The second kappa shape index (κ2) is 8.82. The van der Waals surface area contributed by atoms with E-state index in [1.54, 1.807) is 36.4 Å². The molecule has 3 fully saturated rings. The van der Waals surface area contributed by atoms with Crippen molar-refractivity contribution in [2.45, 2.75) is 31.1 Å². The molecule has 1 aromatic heterocycles. The average Bonchev–Trinajstić information content (AvgIpc) is 3.42. The number of piperidine rings is 3. The molecule has 0 unspecified atom stereocenters. The average molecular weight is 510 g/mol. The first-order valence-corrected chi connectivity index (χ1v) is 13.2. The van der Waals surface area contributed by atoms with Crippen LogP contribution in [0.2, 0.25) is 0 Å². The quantitative estimate of drug-likeness (QED) is 0.300. The topological polar surface area (TPSA) is 81.8 Å². The van der Waals surface area contributed by atoms with Gasteiger partial charge in [0.25, 0.3) is 0 Å². The highest BCUT2D eigenvalue weighted by Crippen LogP contribution is 2.48. The van der Waals surface area contributed by atoms with Crippen molar-refractivity contribution in [2.75, 3.05) is 19.6 Å². The molecular formula is C31H29N2O5+. The van der Waals surface area contributed by atoms with E-state index >= 15 is 0 Å². The summed E-state index contributed by atoms with van der Waals surface area (Å²) in [6.07, 6.45) is 1.66. The molecule has 0 amide bonds. The molecule has 3 saturated heterocycles. The van der Waals surface area contributed by atoms with Crippen LogP contribution < -0.4 is 4.74 Å². The first-order chi connectivity index (χ1) is 18.5. The zero-order chi connectivity index (χ0) is 25.7. The second-order valence-electron chi connectivity index (χ2n) is 10.8. The molecule has 4 aliphatic rings. The maximum Gasteiger partial charge on any atom is 0.348 e. The van der Waals surface area contributed by atoms with Crippen molar-refractivity contribution in [1.29, 1.82) is 0 Å². The lowest BCUT2D eigenvalue weighted by Crippen LogP contribution is -2.64. The van der Waals surface area contributed by atoms with Crippen molar-refractivity contribution in [3.63, 3.8) is 0 Å². The number of nitrogens with zero attached hydrogens (tertiary/aromatic N) is 2. The summed E-state index contributed by atoms with van der Waals surface area (Å²) in [4.78, 5) is 13.9. The predicted molar refractivity (Wildman–Crippen MR) is 139 cm³/mol. The molecule has 7 heteroatoms. The molecule has 192 valence electrons. The van der Waals surface area contributed by atoms with Gasteiger partial charge in [0.15, 0.2) is 11.9 Å². The van der Waals surface area contributed by atoms with Crippen molar-refractivity contribution in [3.05, 3.63) is 102 Å². The number of quaternary nitrogens is 1. The van der Waals surface area contributed by atoms with E-state index in [0.29, 0.717) is 29.2 Å². The normalized spacial score (nSPS) is 24.7. The van der Waals surface area contributed by atoms with Crippen LogP contribution in [0.25, 0.3) is 11.3 Å². The van der Waals surface area contributed by atoms with E-state index in [1.807, 2.05) is 48.5 Å². The molecular weight excluding hydrogens is 480 g/mol. The third-order valence-electron chi connectivity index (χ3n) is 8.48. The van der Waals surface area contributed by atoms with Crippen LogP contribution >= 0.6 is 0 Å². The molecule has 0 saturated carbocycles. The van der Waals surface area contributed by atoms with Gasteiger partial charge in [-0.05, 0) is 12.1 Å². The summed E-state index contributed by atoms with van der Waals surface area (Å²) < 4.78 is 18.7. The first kappa shape index (κ1) is 23.2. The zero-order valence-corrected chi connectivity index (χ0v) is 21.0. The molecule has 4 aromatic rings. The molecule has 1 N–H and O–H groups in total. The van der Waals surface area contributed by atoms with Crippen molar-refractivity contribution in [3.8, 4) is 22.8 Å². The fourth-order valence-electron chi connectivity index (χ4n) is 6.46. The molecule has 7 nitrogen and oxygen atoms in total. The number of hydrogen-bond donors (Lipinski definition) is 1. The molecule has 4 aliphatic heterocycles. The lowest BCUT2D eigenvalue weighted by atomic mass is 9.81. The SMILES string of the molecule is O=C(O[C@H]1C[N+]2(Cc3cc(-c4ccccc4)on3)CCC1CC2)C1(O)c2ccccc2Oc2ccccc21. The number of para-hydroxylation sites is 2. The number of aliphatic hydroxyl groups is 1. The van der Waals surface area contributed by atoms with Gasteiger partial charge in [0.1, 0.15) is 30.3 Å². The minimum atomic E-state index is -1.93. The maximum absolute atomic E-state index is 13.9. The Morgan fingerprint density at radius 3 is 2.26 bits per heavy atom. The molecule has 3 aromatic carbocycles. The summed E-state index contributed by atoms with van der Waals surface area (Å²) >= 11 is 0. The van der Waals surface area contributed by atoms with E-state index in [4.69, 9.17) is 14.0 Å². The van der Waals surface area contributed by atoms with Crippen LogP contribution in [0.4, 0.5) is 0 Å². The van der Waals surface area contributed by atoms with Crippen LogP contribution in [0.15, 0.2) is 89.5 Å². The van der Waals surface area contributed by atoms with Crippen LogP contribution in [-0.2, 0) is 21.7 Å². The van der Waals surface area contributed by atoms with Crippen molar-refractivity contribution >= 4 is 5.97 Å². The Bertz CT molecular complexity index is 1440. The van der Waals surface area contributed by atoms with Crippen LogP contribution in [-0.4, -0.2) is 46.5 Å². The Hall–Kier alpha value is -3.94. The van der Waals surface area contributed by atoms with E-state index in [-0.39, 0.29) is 12.0 Å². The number of carbonyl (C=O) groups is 1. The molecule has 1 atom stereocenters. The fraction of sp³-hybridized carbons (Fsp3) is 0.290. The molecule has 0 aliphatic carbocycles. The molecule has 2 bridgehead atoms. The minimum Gasteiger partial charge on any atom is -0.457 e. The second-order valence-corrected chi connectivity index (χ2v) is 10.8. The Labute approximate surface area is 220 Å². The maximum atomic E-state index is 13.9. The standard InChI is InChI=1S/C31H29N2O5/c34-30(31(35)24-10-4-6-12-26(24)36-27-13-7-5-11-25(27)31)37-29-20-33(16-14-22(29)15-17-33)19-23-18-28(38-32-23)21-8-2-1-3-9-21/h1-13,18,22,29,35H,14-17,19-20H2/q+1/t22?,29-,33?/m0/s1. The van der Waals surface area contributed by atoms with Gasteiger partial charge in [0.05, 0.1) is 13.1 Å². The number of hydrogen-bond acceptors (Lipinski definition) is 6. The summed E-state index contributed by atoms with van der Waals surface area (Å²) in [5, 5.41) is 16.3. The smallest absolute Gasteiger partial charge is 0.348 e. The van der Waals surface area contributed by atoms with Crippen LogP contribution in [0.5, 0.6) is 11.5 Å². The van der Waals surface area contributed by atoms with Gasteiger partial charge >= 0.3 is 5.97 Å². The Balaban J connectivity index is 1.14. The molecule has 8 rings (SSSR count). The Kier molecular flexibility index (Phi) is 5.39. The molecule has 0 spiro atoms. The number of rotatable bonds is 5. The van der Waals surface area contributed by atoms with Gasteiger partial charge in [-0.2, -0.15) is 0 Å². The summed E-state index contributed by atoms with van der Waals surface area (Å²) in [5.41, 5.74) is 0.787. The van der Waals surface area contributed by atoms with E-state index in [0.717, 1.165) is 54.0 Å². The van der Waals surface area contributed by atoms with Gasteiger partial charge in [0.2, 0.25) is 5.60 Å². The van der Waals surface area contributed by atoms with Crippen molar-refractivity contribution < 1.29 is 28.4 Å². The number of benzene rings is 3. The molecule has 0 radical (unpaired) electrons. The summed E-state index contributed by atoms with van der Waals surface area (Å²) in [5.74, 6) is 1.31. The van der Waals surface area contributed by atoms with E-state index < -0.39 is 11.6 Å². The molecule has 5 heterocycles. The van der Waals surface area contributed by atoms with Crippen LogP contribution in [0.3, 0.4) is 0 Å². The first-order valence-electron chi connectivity index (χ1n) is 13.2. The van der Waals surface area contributed by atoms with Crippen molar-refractivity contribution in [2.24, 2.45) is 5.92 Å². The van der Waals surface area contributed by atoms with E-state index in [9.17, 15) is 9.90 Å². The molecule has 38 heavy (non-hydrogen) atoms. The van der Waals surface area contributed by atoms with E-state index in [2.05, 4.69) is 5.16 Å². The lowest BCUT2D eigenvalue weighted by Gasteiger charge is -2.52. The highest BCUT2D eigenvalue weighted by molar-refractivity contribution is 5.88. The lowest BCUT2D eigenvalue weighted by molar-refractivity contribution is -0.958. The summed E-state index contributed by atoms with van der Waals surface area (Å²) in [6.45, 7) is 3.44. The Morgan fingerprint density at radius 2 is 1.58 bits per heavy atom. The van der Waals surface area contributed by atoms with Crippen LogP contribution in [0, 0.1) is 5.92 Å². The number of aromatic nitrogens is 1. The highest BCUT2D eigenvalue weighted by atomic mass is 16.6. The zero-order valence-electron chi connectivity index (χ0n) is 21.0. The minimum absolute atomic E-state index is 0.281.